The monoisotopic (exact) mass is 580 g/mol. The Labute approximate surface area is 234 Å². The predicted molar refractivity (Wildman–Crippen MR) is 154 cm³/mol. The Balaban J connectivity index is 1.90. The van der Waals surface area contributed by atoms with Crippen LogP contribution in [0.4, 0.5) is 0 Å². The van der Waals surface area contributed by atoms with Crippen molar-refractivity contribution in [3.63, 3.8) is 0 Å². The van der Waals surface area contributed by atoms with Crippen LogP contribution in [-0.4, -0.2) is 43.5 Å². The van der Waals surface area contributed by atoms with Crippen LogP contribution in [0, 0.1) is 5.92 Å². The van der Waals surface area contributed by atoms with Crippen molar-refractivity contribution in [3.05, 3.63) is 94.0 Å². The molecule has 0 aromatic heterocycles. The van der Waals surface area contributed by atoms with Gasteiger partial charge in [0.15, 0.2) is 11.5 Å². The summed E-state index contributed by atoms with van der Waals surface area (Å²) in [6.07, 6.45) is 1.20. The van der Waals surface area contributed by atoms with Crippen LogP contribution in [0.1, 0.15) is 37.0 Å². The van der Waals surface area contributed by atoms with Crippen LogP contribution in [-0.2, 0) is 29.0 Å². The first-order chi connectivity index (χ1) is 18.3. The molecule has 0 bridgehead atoms. The number of halogens is 1. The molecule has 1 atom stereocenters. The molecule has 7 heteroatoms. The molecular weight excluding hydrogens is 544 g/mol. The fourth-order valence-electron chi connectivity index (χ4n) is 4.24. The highest BCUT2D eigenvalue weighted by atomic mass is 79.9. The van der Waals surface area contributed by atoms with Crippen LogP contribution < -0.4 is 14.8 Å². The average molecular weight is 582 g/mol. The first-order valence-electron chi connectivity index (χ1n) is 12.9. The number of hydrogen-bond donors (Lipinski definition) is 1. The molecule has 0 aliphatic carbocycles. The lowest BCUT2D eigenvalue weighted by molar-refractivity contribution is -0.141. The number of carbonyl (C=O) groups excluding carboxylic acids is 2. The number of aryl methyl sites for hydroxylation is 1. The van der Waals surface area contributed by atoms with Gasteiger partial charge in [-0.15, -0.1) is 0 Å². The zero-order valence-corrected chi connectivity index (χ0v) is 24.2. The summed E-state index contributed by atoms with van der Waals surface area (Å²) in [7, 11) is 3.19. The summed E-state index contributed by atoms with van der Waals surface area (Å²) >= 11 is 3.53. The van der Waals surface area contributed by atoms with E-state index in [1.807, 2.05) is 72.8 Å². The number of methoxy groups -OCH3 is 2. The Kier molecular flexibility index (Phi) is 11.2. The molecule has 0 saturated carbocycles. The van der Waals surface area contributed by atoms with Gasteiger partial charge in [-0.05, 0) is 53.3 Å². The zero-order chi connectivity index (χ0) is 27.5. The Morgan fingerprint density at radius 2 is 1.58 bits per heavy atom. The van der Waals surface area contributed by atoms with Crippen LogP contribution >= 0.6 is 15.9 Å². The molecule has 3 aromatic carbocycles. The Morgan fingerprint density at radius 3 is 2.24 bits per heavy atom. The smallest absolute Gasteiger partial charge is 0.243 e. The molecule has 0 aliphatic rings. The first kappa shape index (κ1) is 29.2. The highest BCUT2D eigenvalue weighted by molar-refractivity contribution is 9.10. The van der Waals surface area contributed by atoms with Gasteiger partial charge in [0.1, 0.15) is 6.04 Å². The molecule has 3 rings (SSSR count). The lowest BCUT2D eigenvalue weighted by Crippen LogP contribution is -2.51. The summed E-state index contributed by atoms with van der Waals surface area (Å²) < 4.78 is 11.7. The molecular formula is C31H37BrN2O4. The lowest BCUT2D eigenvalue weighted by Gasteiger charge is -2.32. The second-order valence-corrected chi connectivity index (χ2v) is 10.6. The van der Waals surface area contributed by atoms with Gasteiger partial charge >= 0.3 is 0 Å². The zero-order valence-electron chi connectivity index (χ0n) is 22.6. The highest BCUT2D eigenvalue weighted by Gasteiger charge is 2.30. The summed E-state index contributed by atoms with van der Waals surface area (Å²) in [6, 6.07) is 22.7. The molecule has 38 heavy (non-hydrogen) atoms. The number of ether oxygens (including phenoxy) is 2. The maximum atomic E-state index is 13.8. The van der Waals surface area contributed by atoms with E-state index in [1.165, 1.54) is 0 Å². The summed E-state index contributed by atoms with van der Waals surface area (Å²) in [5.41, 5.74) is 2.92. The van der Waals surface area contributed by atoms with Gasteiger partial charge in [-0.25, -0.2) is 0 Å². The van der Waals surface area contributed by atoms with Crippen molar-refractivity contribution in [2.24, 2.45) is 5.92 Å². The second kappa shape index (κ2) is 14.6. The minimum atomic E-state index is -0.645. The molecule has 2 amide bonds. The largest absolute Gasteiger partial charge is 0.493 e. The van der Waals surface area contributed by atoms with E-state index in [1.54, 1.807) is 19.1 Å². The van der Waals surface area contributed by atoms with E-state index >= 15 is 0 Å². The van der Waals surface area contributed by atoms with Crippen molar-refractivity contribution < 1.29 is 19.1 Å². The van der Waals surface area contributed by atoms with E-state index in [9.17, 15) is 9.59 Å². The third kappa shape index (κ3) is 8.62. The van der Waals surface area contributed by atoms with Gasteiger partial charge in [0.05, 0.1) is 14.2 Å². The van der Waals surface area contributed by atoms with Crippen molar-refractivity contribution in [1.82, 2.24) is 10.2 Å². The summed E-state index contributed by atoms with van der Waals surface area (Å²) in [5, 5.41) is 3.06. The van der Waals surface area contributed by atoms with Gasteiger partial charge < -0.3 is 19.7 Å². The van der Waals surface area contributed by atoms with Crippen molar-refractivity contribution in [3.8, 4) is 11.5 Å². The molecule has 6 nitrogen and oxygen atoms in total. The van der Waals surface area contributed by atoms with E-state index in [-0.39, 0.29) is 18.2 Å². The standard InChI is InChI=1S/C31H37BrN2O4/c1-22(2)20-33-31(36)27(18-23-9-6-5-7-10-23)34(21-25-11-8-12-26(32)17-25)30(35)16-14-24-13-15-28(37-3)29(19-24)38-4/h5-13,15,17,19,22,27H,14,16,18,20-21H2,1-4H3,(H,33,36)/t27-/m1/s1. The van der Waals surface area contributed by atoms with Gasteiger partial charge in [-0.1, -0.05) is 78.3 Å². The van der Waals surface area contributed by atoms with E-state index < -0.39 is 6.04 Å². The van der Waals surface area contributed by atoms with Crippen LogP contribution in [0.15, 0.2) is 77.3 Å². The third-order valence-electron chi connectivity index (χ3n) is 6.27. The molecule has 0 heterocycles. The van der Waals surface area contributed by atoms with Crippen LogP contribution in [0.5, 0.6) is 11.5 Å². The number of hydrogen-bond acceptors (Lipinski definition) is 4. The molecule has 0 radical (unpaired) electrons. The van der Waals surface area contributed by atoms with Crippen molar-refractivity contribution in [1.29, 1.82) is 0 Å². The number of carbonyl (C=O) groups is 2. The maximum Gasteiger partial charge on any atom is 0.243 e. The Hall–Kier alpha value is -3.32. The van der Waals surface area contributed by atoms with E-state index in [4.69, 9.17) is 9.47 Å². The van der Waals surface area contributed by atoms with Crippen LogP contribution in [0.3, 0.4) is 0 Å². The SMILES string of the molecule is COc1ccc(CCC(=O)N(Cc2cccc(Br)c2)[C@H](Cc2ccccc2)C(=O)NCC(C)C)cc1OC. The molecule has 3 aromatic rings. The molecule has 1 N–H and O–H groups in total. The lowest BCUT2D eigenvalue weighted by atomic mass is 10.0. The molecule has 202 valence electrons. The summed E-state index contributed by atoms with van der Waals surface area (Å²) in [6.45, 7) is 4.99. The fraction of sp³-hybridized carbons (Fsp3) is 0.355. The van der Waals surface area contributed by atoms with Gasteiger partial charge in [0, 0.05) is 30.4 Å². The van der Waals surface area contributed by atoms with Crippen molar-refractivity contribution in [2.75, 3.05) is 20.8 Å². The number of rotatable bonds is 13. The van der Waals surface area contributed by atoms with Gasteiger partial charge in [0.25, 0.3) is 0 Å². The molecule has 0 spiro atoms. The van der Waals surface area contributed by atoms with Crippen molar-refractivity contribution >= 4 is 27.7 Å². The van der Waals surface area contributed by atoms with Crippen molar-refractivity contribution in [2.45, 2.75) is 45.7 Å². The first-order valence-corrected chi connectivity index (χ1v) is 13.7. The number of nitrogens with one attached hydrogen (secondary N) is 1. The van der Waals surface area contributed by atoms with Gasteiger partial charge in [0.2, 0.25) is 11.8 Å². The quantitative estimate of drug-likeness (QED) is 0.277. The summed E-state index contributed by atoms with van der Waals surface area (Å²) in [4.78, 5) is 29.1. The van der Waals surface area contributed by atoms with E-state index in [2.05, 4.69) is 35.1 Å². The number of amides is 2. The molecule has 0 saturated heterocycles. The molecule has 0 fully saturated rings. The highest BCUT2D eigenvalue weighted by Crippen LogP contribution is 2.28. The Bertz CT molecular complexity index is 1200. The Morgan fingerprint density at radius 1 is 0.868 bits per heavy atom. The van der Waals surface area contributed by atoms with Crippen LogP contribution in [0.2, 0.25) is 0 Å². The third-order valence-corrected chi connectivity index (χ3v) is 6.77. The minimum Gasteiger partial charge on any atom is -0.493 e. The van der Waals surface area contributed by atoms with E-state index in [0.717, 1.165) is 21.2 Å². The van der Waals surface area contributed by atoms with E-state index in [0.29, 0.717) is 43.3 Å². The molecule has 0 unspecified atom stereocenters. The van der Waals surface area contributed by atoms with Gasteiger partial charge in [-0.2, -0.15) is 0 Å². The maximum absolute atomic E-state index is 13.8. The van der Waals surface area contributed by atoms with Gasteiger partial charge in [-0.3, -0.25) is 9.59 Å². The topological polar surface area (TPSA) is 67.9 Å². The normalized spacial score (nSPS) is 11.6. The minimum absolute atomic E-state index is 0.0830. The van der Waals surface area contributed by atoms with Crippen LogP contribution in [0.25, 0.3) is 0 Å². The number of nitrogens with zero attached hydrogens (tertiary/aromatic N) is 1. The summed E-state index contributed by atoms with van der Waals surface area (Å²) in [5.74, 6) is 1.34. The average Bonchev–Trinajstić information content (AvgIpc) is 2.92. The fourth-order valence-corrected chi connectivity index (χ4v) is 4.69. The predicted octanol–water partition coefficient (Wildman–Crippen LogP) is 5.81. The molecule has 0 aliphatic heterocycles. The second-order valence-electron chi connectivity index (χ2n) is 9.69. The number of benzene rings is 3.